The van der Waals surface area contributed by atoms with Gasteiger partial charge in [-0.2, -0.15) is 4.80 Å². The third-order valence-electron chi connectivity index (χ3n) is 3.98. The molecule has 2 aromatic rings. The Hall–Kier alpha value is -2.77. The van der Waals surface area contributed by atoms with Crippen molar-refractivity contribution in [2.24, 2.45) is 0 Å². The van der Waals surface area contributed by atoms with E-state index in [2.05, 4.69) is 15.4 Å². The van der Waals surface area contributed by atoms with Gasteiger partial charge in [-0.25, -0.2) is 4.79 Å². The van der Waals surface area contributed by atoms with E-state index in [1.807, 2.05) is 30.3 Å². The number of aromatic nitrogens is 4. The lowest BCUT2D eigenvalue weighted by atomic mass is 10.2. The van der Waals surface area contributed by atoms with Crippen molar-refractivity contribution in [3.8, 4) is 11.4 Å². The molecule has 1 aromatic heterocycles. The number of benzene rings is 1. The van der Waals surface area contributed by atoms with Gasteiger partial charge >= 0.3 is 5.97 Å². The summed E-state index contributed by atoms with van der Waals surface area (Å²) in [6.07, 6.45) is 1.17. The molecule has 3 rings (SSSR count). The molecule has 0 saturated carbocycles. The fourth-order valence-electron chi connectivity index (χ4n) is 2.72. The van der Waals surface area contributed by atoms with Crippen LogP contribution < -0.4 is 0 Å². The predicted octanol–water partition coefficient (Wildman–Crippen LogP) is 0.977. The zero-order chi connectivity index (χ0) is 16.4. The van der Waals surface area contributed by atoms with Gasteiger partial charge in [0, 0.05) is 12.1 Å². The molecule has 0 unspecified atom stereocenters. The van der Waals surface area contributed by atoms with E-state index in [0.29, 0.717) is 25.2 Å². The van der Waals surface area contributed by atoms with Crippen molar-refractivity contribution >= 4 is 11.9 Å². The second-order valence-corrected chi connectivity index (χ2v) is 5.50. The molecule has 1 N–H and O–H groups in total. The van der Waals surface area contributed by atoms with Gasteiger partial charge in [0.1, 0.15) is 12.1 Å². The number of amides is 1. The number of carbonyl (C=O) groups excluding carboxylic acids is 1. The molecule has 0 aliphatic carbocycles. The molecule has 1 amide bonds. The van der Waals surface area contributed by atoms with E-state index in [-0.39, 0.29) is 5.91 Å². The van der Waals surface area contributed by atoms with Crippen LogP contribution in [0.25, 0.3) is 11.4 Å². The summed E-state index contributed by atoms with van der Waals surface area (Å²) in [7, 11) is 0. The SMILES string of the molecule is C[C@@H](C(=O)N1CCC[C@H]1C(=O)O)n1nnc(-c2ccccc2)n1. The second-order valence-electron chi connectivity index (χ2n) is 5.50. The van der Waals surface area contributed by atoms with Gasteiger partial charge in [0.25, 0.3) is 0 Å². The van der Waals surface area contributed by atoms with Crippen LogP contribution in [0, 0.1) is 0 Å². The standard InChI is InChI=1S/C15H17N5O3/c1-10(14(21)19-9-5-8-12(19)15(22)23)20-17-13(16-18-20)11-6-3-2-4-7-11/h2-4,6-7,10,12H,5,8-9H2,1H3,(H,22,23)/t10-,12-/m0/s1. The molecule has 1 aliphatic heterocycles. The number of likely N-dealkylation sites (tertiary alicyclic amines) is 1. The van der Waals surface area contributed by atoms with Crippen molar-refractivity contribution in [1.29, 1.82) is 0 Å². The summed E-state index contributed by atoms with van der Waals surface area (Å²) < 4.78 is 0. The Labute approximate surface area is 132 Å². The first-order valence-corrected chi connectivity index (χ1v) is 7.46. The number of carboxylic acid groups (broad SMARTS) is 1. The monoisotopic (exact) mass is 315 g/mol. The number of hydrogen-bond acceptors (Lipinski definition) is 5. The number of carbonyl (C=O) groups is 2. The van der Waals surface area contributed by atoms with Gasteiger partial charge in [-0.1, -0.05) is 30.3 Å². The molecule has 23 heavy (non-hydrogen) atoms. The van der Waals surface area contributed by atoms with E-state index < -0.39 is 18.1 Å². The molecule has 0 radical (unpaired) electrons. The maximum absolute atomic E-state index is 12.5. The molecular formula is C15H17N5O3. The summed E-state index contributed by atoms with van der Waals surface area (Å²) in [6, 6.07) is 7.88. The van der Waals surface area contributed by atoms with E-state index in [4.69, 9.17) is 0 Å². The van der Waals surface area contributed by atoms with Crippen LogP contribution in [0.1, 0.15) is 25.8 Å². The first-order chi connectivity index (χ1) is 11.1. The van der Waals surface area contributed by atoms with Crippen molar-refractivity contribution in [1.82, 2.24) is 25.1 Å². The van der Waals surface area contributed by atoms with Crippen molar-refractivity contribution in [3.05, 3.63) is 30.3 Å². The van der Waals surface area contributed by atoms with Crippen molar-refractivity contribution < 1.29 is 14.7 Å². The average Bonchev–Trinajstić information content (AvgIpc) is 3.23. The highest BCUT2D eigenvalue weighted by molar-refractivity contribution is 5.86. The van der Waals surface area contributed by atoms with E-state index in [1.54, 1.807) is 6.92 Å². The zero-order valence-electron chi connectivity index (χ0n) is 12.7. The Morgan fingerprint density at radius 1 is 1.30 bits per heavy atom. The molecule has 1 fully saturated rings. The number of carboxylic acids is 1. The Balaban J connectivity index is 1.78. The van der Waals surface area contributed by atoms with Gasteiger partial charge in [0.15, 0.2) is 0 Å². The summed E-state index contributed by atoms with van der Waals surface area (Å²) in [4.78, 5) is 26.4. The Morgan fingerprint density at radius 2 is 2.04 bits per heavy atom. The first kappa shape index (κ1) is 15.1. The lowest BCUT2D eigenvalue weighted by Gasteiger charge is -2.24. The largest absolute Gasteiger partial charge is 0.480 e. The average molecular weight is 315 g/mol. The maximum atomic E-state index is 12.5. The summed E-state index contributed by atoms with van der Waals surface area (Å²) in [5, 5.41) is 21.3. The summed E-state index contributed by atoms with van der Waals surface area (Å²) >= 11 is 0. The molecule has 1 aliphatic rings. The Kier molecular flexibility index (Phi) is 4.05. The lowest BCUT2D eigenvalue weighted by Crippen LogP contribution is -2.43. The van der Waals surface area contributed by atoms with Crippen molar-refractivity contribution in [2.75, 3.05) is 6.54 Å². The smallest absolute Gasteiger partial charge is 0.326 e. The number of rotatable bonds is 4. The summed E-state index contributed by atoms with van der Waals surface area (Å²) in [5.74, 6) is -0.840. The normalized spacial score (nSPS) is 18.8. The fraction of sp³-hybridized carbons (Fsp3) is 0.400. The van der Waals surface area contributed by atoms with Crippen LogP contribution in [0.4, 0.5) is 0 Å². The molecule has 8 heteroatoms. The van der Waals surface area contributed by atoms with Crippen LogP contribution in [0.2, 0.25) is 0 Å². The lowest BCUT2D eigenvalue weighted by molar-refractivity contribution is -0.149. The number of nitrogens with zero attached hydrogens (tertiary/aromatic N) is 5. The second kappa shape index (κ2) is 6.15. The highest BCUT2D eigenvalue weighted by atomic mass is 16.4. The molecular weight excluding hydrogens is 298 g/mol. The third-order valence-corrected chi connectivity index (χ3v) is 3.98. The molecule has 0 spiro atoms. The van der Waals surface area contributed by atoms with Crippen LogP contribution in [0.15, 0.2) is 30.3 Å². The fourth-order valence-corrected chi connectivity index (χ4v) is 2.72. The molecule has 120 valence electrons. The van der Waals surface area contributed by atoms with Crippen LogP contribution in [0.5, 0.6) is 0 Å². The molecule has 8 nitrogen and oxygen atoms in total. The van der Waals surface area contributed by atoms with E-state index in [1.165, 1.54) is 9.70 Å². The molecule has 1 saturated heterocycles. The minimum Gasteiger partial charge on any atom is -0.480 e. The minimum absolute atomic E-state index is 0.299. The topological polar surface area (TPSA) is 101 Å². The number of tetrazole rings is 1. The van der Waals surface area contributed by atoms with Crippen LogP contribution in [-0.4, -0.2) is 54.7 Å². The van der Waals surface area contributed by atoms with E-state index >= 15 is 0 Å². The van der Waals surface area contributed by atoms with Gasteiger partial charge in [0.05, 0.1) is 0 Å². The predicted molar refractivity (Wildman–Crippen MR) is 80.3 cm³/mol. The van der Waals surface area contributed by atoms with E-state index in [0.717, 1.165) is 5.56 Å². The Bertz CT molecular complexity index is 715. The number of aliphatic carboxylic acids is 1. The van der Waals surface area contributed by atoms with Crippen molar-refractivity contribution in [3.63, 3.8) is 0 Å². The molecule has 0 bridgehead atoms. The van der Waals surface area contributed by atoms with Gasteiger partial charge in [0.2, 0.25) is 11.7 Å². The van der Waals surface area contributed by atoms with Crippen LogP contribution in [0.3, 0.4) is 0 Å². The summed E-state index contributed by atoms with van der Waals surface area (Å²) in [6.45, 7) is 2.09. The molecule has 2 atom stereocenters. The van der Waals surface area contributed by atoms with E-state index in [9.17, 15) is 14.7 Å². The van der Waals surface area contributed by atoms with Crippen LogP contribution in [-0.2, 0) is 9.59 Å². The van der Waals surface area contributed by atoms with Gasteiger partial charge in [-0.15, -0.1) is 10.2 Å². The quantitative estimate of drug-likeness (QED) is 0.902. The van der Waals surface area contributed by atoms with Gasteiger partial charge < -0.3 is 10.0 Å². The minimum atomic E-state index is -0.973. The maximum Gasteiger partial charge on any atom is 0.326 e. The van der Waals surface area contributed by atoms with Gasteiger partial charge in [-0.3, -0.25) is 4.79 Å². The highest BCUT2D eigenvalue weighted by Crippen LogP contribution is 2.21. The van der Waals surface area contributed by atoms with Crippen LogP contribution >= 0.6 is 0 Å². The summed E-state index contributed by atoms with van der Waals surface area (Å²) in [5.41, 5.74) is 0.808. The third kappa shape index (κ3) is 2.92. The number of hydrogen-bond donors (Lipinski definition) is 1. The van der Waals surface area contributed by atoms with Crippen molar-refractivity contribution in [2.45, 2.75) is 31.8 Å². The zero-order valence-corrected chi connectivity index (χ0v) is 12.7. The Morgan fingerprint density at radius 3 is 2.74 bits per heavy atom. The molecule has 1 aromatic carbocycles. The molecule has 2 heterocycles. The first-order valence-electron chi connectivity index (χ1n) is 7.46. The van der Waals surface area contributed by atoms with Gasteiger partial charge in [-0.05, 0) is 25.0 Å². The highest BCUT2D eigenvalue weighted by Gasteiger charge is 2.37.